The Labute approximate surface area is 128 Å². The Morgan fingerprint density at radius 2 is 1.70 bits per heavy atom. The van der Waals surface area contributed by atoms with E-state index in [4.69, 9.17) is 0 Å². The van der Waals surface area contributed by atoms with Crippen LogP contribution in [-0.2, 0) is 0 Å². The standard InChI is InChI=1S/C18H20BrF/c19-17(12-13-6-2-1-3-7-13)15-10-11-18(20)16-9-5-4-8-14(15)16/h4-5,8-11,13,17H,1-3,6-7,12H2. The molecule has 1 atom stereocenters. The molecule has 1 fully saturated rings. The van der Waals surface area contributed by atoms with Gasteiger partial charge in [0.2, 0.25) is 0 Å². The van der Waals surface area contributed by atoms with Crippen molar-refractivity contribution >= 4 is 26.7 Å². The largest absolute Gasteiger partial charge is 0.206 e. The third-order valence-electron chi connectivity index (χ3n) is 4.51. The van der Waals surface area contributed by atoms with Gasteiger partial charge in [0.25, 0.3) is 0 Å². The molecule has 0 aromatic heterocycles. The second-order valence-electron chi connectivity index (χ2n) is 5.89. The Balaban J connectivity index is 1.87. The molecule has 0 heterocycles. The molecule has 0 aliphatic heterocycles. The first-order valence-electron chi connectivity index (χ1n) is 7.57. The van der Waals surface area contributed by atoms with Gasteiger partial charge in [0, 0.05) is 10.2 Å². The topological polar surface area (TPSA) is 0 Å². The van der Waals surface area contributed by atoms with Crippen LogP contribution in [0.3, 0.4) is 0 Å². The van der Waals surface area contributed by atoms with Gasteiger partial charge in [-0.05, 0) is 29.4 Å². The van der Waals surface area contributed by atoms with Gasteiger partial charge >= 0.3 is 0 Å². The van der Waals surface area contributed by atoms with E-state index < -0.39 is 0 Å². The minimum Gasteiger partial charge on any atom is -0.206 e. The Hall–Kier alpha value is -0.890. The van der Waals surface area contributed by atoms with E-state index in [0.717, 1.165) is 23.1 Å². The van der Waals surface area contributed by atoms with Crippen LogP contribution < -0.4 is 0 Å². The highest BCUT2D eigenvalue weighted by Gasteiger charge is 2.20. The molecule has 0 bridgehead atoms. The van der Waals surface area contributed by atoms with Gasteiger partial charge in [0.1, 0.15) is 5.82 Å². The molecule has 0 radical (unpaired) electrons. The predicted octanol–water partition coefficient (Wildman–Crippen LogP) is 6.39. The third kappa shape index (κ3) is 2.90. The second-order valence-corrected chi connectivity index (χ2v) is 6.99. The summed E-state index contributed by atoms with van der Waals surface area (Å²) >= 11 is 3.84. The van der Waals surface area contributed by atoms with Crippen LogP contribution in [0, 0.1) is 11.7 Å². The summed E-state index contributed by atoms with van der Waals surface area (Å²) in [6, 6.07) is 11.3. The van der Waals surface area contributed by atoms with Crippen molar-refractivity contribution in [3.8, 4) is 0 Å². The molecule has 1 saturated carbocycles. The molecule has 106 valence electrons. The van der Waals surface area contributed by atoms with E-state index in [1.54, 1.807) is 6.07 Å². The first-order valence-corrected chi connectivity index (χ1v) is 8.48. The van der Waals surface area contributed by atoms with Crippen molar-refractivity contribution in [1.82, 2.24) is 0 Å². The van der Waals surface area contributed by atoms with Crippen molar-refractivity contribution in [2.24, 2.45) is 5.92 Å². The highest BCUT2D eigenvalue weighted by atomic mass is 79.9. The molecule has 2 aromatic rings. The number of fused-ring (bicyclic) bond motifs is 1. The van der Waals surface area contributed by atoms with Crippen LogP contribution >= 0.6 is 15.9 Å². The summed E-state index contributed by atoms with van der Waals surface area (Å²) in [6.07, 6.45) is 7.99. The maximum absolute atomic E-state index is 13.9. The van der Waals surface area contributed by atoms with E-state index >= 15 is 0 Å². The minimum absolute atomic E-state index is 0.123. The van der Waals surface area contributed by atoms with Crippen molar-refractivity contribution in [3.05, 3.63) is 47.8 Å². The normalized spacial score (nSPS) is 18.3. The molecule has 0 N–H and O–H groups in total. The van der Waals surface area contributed by atoms with E-state index in [0.29, 0.717) is 4.83 Å². The fraction of sp³-hybridized carbons (Fsp3) is 0.444. The Kier molecular flexibility index (Phi) is 4.40. The fourth-order valence-corrected chi connectivity index (χ4v) is 4.33. The van der Waals surface area contributed by atoms with E-state index in [-0.39, 0.29) is 5.82 Å². The van der Waals surface area contributed by atoms with Crippen LogP contribution in [0.4, 0.5) is 4.39 Å². The van der Waals surface area contributed by atoms with Crippen molar-refractivity contribution in [2.45, 2.75) is 43.4 Å². The molecule has 0 nitrogen and oxygen atoms in total. The maximum atomic E-state index is 13.9. The van der Waals surface area contributed by atoms with Gasteiger partial charge in [-0.3, -0.25) is 0 Å². The average Bonchev–Trinajstić information content (AvgIpc) is 2.49. The number of hydrogen-bond donors (Lipinski definition) is 0. The lowest BCUT2D eigenvalue weighted by molar-refractivity contribution is 0.339. The van der Waals surface area contributed by atoms with Gasteiger partial charge in [-0.2, -0.15) is 0 Å². The number of hydrogen-bond acceptors (Lipinski definition) is 0. The van der Waals surface area contributed by atoms with Crippen molar-refractivity contribution in [2.75, 3.05) is 0 Å². The monoisotopic (exact) mass is 334 g/mol. The quantitative estimate of drug-likeness (QED) is 0.571. The van der Waals surface area contributed by atoms with E-state index in [1.807, 2.05) is 30.3 Å². The summed E-state index contributed by atoms with van der Waals surface area (Å²) in [5, 5.41) is 1.78. The van der Waals surface area contributed by atoms with Crippen molar-refractivity contribution in [3.63, 3.8) is 0 Å². The average molecular weight is 335 g/mol. The van der Waals surface area contributed by atoms with Crippen LogP contribution in [0.15, 0.2) is 36.4 Å². The zero-order valence-corrected chi connectivity index (χ0v) is 13.2. The number of halogens is 2. The highest BCUT2D eigenvalue weighted by Crippen LogP contribution is 2.39. The summed E-state index contributed by atoms with van der Waals surface area (Å²) in [6.45, 7) is 0. The summed E-state index contributed by atoms with van der Waals surface area (Å²) in [7, 11) is 0. The molecular weight excluding hydrogens is 315 g/mol. The van der Waals surface area contributed by atoms with E-state index in [1.165, 1.54) is 37.7 Å². The molecule has 1 aliphatic carbocycles. The maximum Gasteiger partial charge on any atom is 0.131 e. The molecule has 1 unspecified atom stereocenters. The van der Waals surface area contributed by atoms with Crippen LogP contribution in [0.2, 0.25) is 0 Å². The van der Waals surface area contributed by atoms with Gasteiger partial charge in [-0.1, -0.05) is 78.4 Å². The Morgan fingerprint density at radius 1 is 1.00 bits per heavy atom. The number of benzene rings is 2. The molecule has 2 heteroatoms. The Bertz CT molecular complexity index is 587. The zero-order valence-electron chi connectivity index (χ0n) is 11.6. The molecule has 0 saturated heterocycles. The molecular formula is C18H20BrF. The summed E-state index contributed by atoms with van der Waals surface area (Å²) < 4.78 is 13.9. The lowest BCUT2D eigenvalue weighted by Gasteiger charge is -2.24. The summed E-state index contributed by atoms with van der Waals surface area (Å²) in [5.41, 5.74) is 1.23. The van der Waals surface area contributed by atoms with E-state index in [2.05, 4.69) is 15.9 Å². The molecule has 0 spiro atoms. The molecule has 3 rings (SSSR count). The SMILES string of the molecule is Fc1ccc(C(Br)CC2CCCCC2)c2ccccc12. The van der Waals surface area contributed by atoms with Gasteiger partial charge in [-0.15, -0.1) is 0 Å². The van der Waals surface area contributed by atoms with Crippen LogP contribution in [0.1, 0.15) is 48.9 Å². The predicted molar refractivity (Wildman–Crippen MR) is 86.8 cm³/mol. The van der Waals surface area contributed by atoms with Crippen LogP contribution in [0.25, 0.3) is 10.8 Å². The van der Waals surface area contributed by atoms with Gasteiger partial charge in [0.15, 0.2) is 0 Å². The summed E-state index contributed by atoms with van der Waals surface area (Å²) in [5.74, 6) is 0.693. The summed E-state index contributed by atoms with van der Waals surface area (Å²) in [4.78, 5) is 0.330. The van der Waals surface area contributed by atoms with E-state index in [9.17, 15) is 4.39 Å². The smallest absolute Gasteiger partial charge is 0.131 e. The van der Waals surface area contributed by atoms with Gasteiger partial charge in [-0.25, -0.2) is 4.39 Å². The van der Waals surface area contributed by atoms with Gasteiger partial charge in [0.05, 0.1) is 0 Å². The zero-order chi connectivity index (χ0) is 13.9. The second kappa shape index (κ2) is 6.26. The molecule has 2 aromatic carbocycles. The molecule has 0 amide bonds. The molecule has 1 aliphatic rings. The van der Waals surface area contributed by atoms with Crippen molar-refractivity contribution in [1.29, 1.82) is 0 Å². The van der Waals surface area contributed by atoms with Crippen molar-refractivity contribution < 1.29 is 4.39 Å². The van der Waals surface area contributed by atoms with Crippen LogP contribution in [-0.4, -0.2) is 0 Å². The molecule has 20 heavy (non-hydrogen) atoms. The lowest BCUT2D eigenvalue weighted by atomic mass is 9.84. The fourth-order valence-electron chi connectivity index (χ4n) is 3.40. The first kappa shape index (κ1) is 14.1. The third-order valence-corrected chi connectivity index (χ3v) is 5.37. The minimum atomic E-state index is -0.123. The number of rotatable bonds is 3. The first-order chi connectivity index (χ1) is 9.75. The number of alkyl halides is 1. The van der Waals surface area contributed by atoms with Crippen LogP contribution in [0.5, 0.6) is 0 Å². The Morgan fingerprint density at radius 3 is 2.45 bits per heavy atom. The van der Waals surface area contributed by atoms with Gasteiger partial charge < -0.3 is 0 Å². The lowest BCUT2D eigenvalue weighted by Crippen LogP contribution is -2.09. The highest BCUT2D eigenvalue weighted by molar-refractivity contribution is 9.09.